The molecule has 1 aliphatic rings. The molecule has 0 spiro atoms. The van der Waals surface area contributed by atoms with Crippen LogP contribution in [0.15, 0.2) is 66.7 Å². The molecule has 1 heteroatoms. The molecule has 0 saturated carbocycles. The van der Waals surface area contributed by atoms with Crippen LogP contribution in [0.3, 0.4) is 0 Å². The van der Waals surface area contributed by atoms with E-state index in [2.05, 4.69) is 80.6 Å². The lowest BCUT2D eigenvalue weighted by molar-refractivity contribution is 1.18. The van der Waals surface area contributed by atoms with Crippen LogP contribution < -0.4 is 5.19 Å². The highest BCUT2D eigenvalue weighted by Crippen LogP contribution is 2.43. The van der Waals surface area contributed by atoms with Crippen molar-refractivity contribution in [3.05, 3.63) is 89.0 Å². The van der Waals surface area contributed by atoms with E-state index in [1.54, 1.807) is 0 Å². The van der Waals surface area contributed by atoms with Crippen LogP contribution >= 0.6 is 0 Å². The molecule has 0 bridgehead atoms. The number of rotatable bonds is 2. The first-order valence-corrected chi connectivity index (χ1v) is 8.84. The van der Waals surface area contributed by atoms with Crippen LogP contribution in [-0.2, 0) is 0 Å². The number of benzene rings is 3. The number of hydrogen-bond acceptors (Lipinski definition) is 0. The molecule has 22 heavy (non-hydrogen) atoms. The van der Waals surface area contributed by atoms with Gasteiger partial charge in [0, 0.05) is 5.54 Å². The maximum atomic E-state index is 2.30. The second-order valence-electron chi connectivity index (χ2n) is 6.00. The second-order valence-corrected chi connectivity index (χ2v) is 7.40. The molecule has 0 aromatic heterocycles. The van der Waals surface area contributed by atoms with Gasteiger partial charge in [-0.15, -0.1) is 0 Å². The van der Waals surface area contributed by atoms with Crippen molar-refractivity contribution in [2.45, 2.75) is 19.4 Å². The molecule has 0 amide bonds. The van der Waals surface area contributed by atoms with Gasteiger partial charge in [-0.3, -0.25) is 0 Å². The standard InChI is InChI=1S/C21H18Si/c1-14-8-7-13-20(15(14)2)22-21-18-11-5-3-9-16(18)17-10-4-6-12-19(17)21/h3-13,21H,1-2H3. The first-order valence-electron chi connectivity index (χ1n) is 7.76. The largest absolute Gasteiger partial charge is 0.0953 e. The summed E-state index contributed by atoms with van der Waals surface area (Å²) in [6, 6.07) is 24.5. The van der Waals surface area contributed by atoms with E-state index in [-0.39, 0.29) is 0 Å². The van der Waals surface area contributed by atoms with Gasteiger partial charge < -0.3 is 0 Å². The summed E-state index contributed by atoms with van der Waals surface area (Å²) >= 11 is 0. The van der Waals surface area contributed by atoms with Crippen LogP contribution in [0.2, 0.25) is 0 Å². The SMILES string of the molecule is Cc1cccc([Si]C2c3ccccc3-c3ccccc32)c1C. The molecular weight excluding hydrogens is 280 g/mol. The van der Waals surface area contributed by atoms with Gasteiger partial charge >= 0.3 is 0 Å². The Kier molecular flexibility index (Phi) is 3.23. The van der Waals surface area contributed by atoms with Gasteiger partial charge in [0.1, 0.15) is 0 Å². The topological polar surface area (TPSA) is 0 Å². The lowest BCUT2D eigenvalue weighted by Gasteiger charge is -2.15. The molecule has 0 unspecified atom stereocenters. The Labute approximate surface area is 134 Å². The number of fused-ring (bicyclic) bond motifs is 3. The average Bonchev–Trinajstić information content (AvgIpc) is 2.87. The Morgan fingerprint density at radius 3 is 1.91 bits per heavy atom. The molecule has 0 aliphatic heterocycles. The summed E-state index contributed by atoms with van der Waals surface area (Å²) in [5.74, 6) is 0. The summed E-state index contributed by atoms with van der Waals surface area (Å²) in [7, 11) is 0.787. The minimum Gasteiger partial charge on any atom is -0.0632 e. The Morgan fingerprint density at radius 2 is 1.27 bits per heavy atom. The van der Waals surface area contributed by atoms with Gasteiger partial charge in [0.15, 0.2) is 0 Å². The fraction of sp³-hybridized carbons (Fsp3) is 0.143. The maximum absolute atomic E-state index is 2.30. The molecule has 0 heterocycles. The van der Waals surface area contributed by atoms with Crippen LogP contribution in [0.25, 0.3) is 11.1 Å². The van der Waals surface area contributed by atoms with Gasteiger partial charge in [-0.2, -0.15) is 0 Å². The van der Waals surface area contributed by atoms with Crippen LogP contribution in [0.4, 0.5) is 0 Å². The van der Waals surface area contributed by atoms with Crippen molar-refractivity contribution >= 4 is 14.7 Å². The first-order chi connectivity index (χ1) is 10.8. The summed E-state index contributed by atoms with van der Waals surface area (Å²) in [4.78, 5) is 0. The summed E-state index contributed by atoms with van der Waals surface area (Å²) in [6.45, 7) is 4.46. The van der Waals surface area contributed by atoms with Gasteiger partial charge in [-0.05, 0) is 47.2 Å². The summed E-state index contributed by atoms with van der Waals surface area (Å²) in [5, 5.41) is 1.50. The Bertz CT molecular complexity index is 803. The maximum Gasteiger partial charge on any atom is 0.0953 e. The fourth-order valence-electron chi connectivity index (χ4n) is 3.37. The summed E-state index contributed by atoms with van der Waals surface area (Å²) in [5.41, 5.74) is 9.16. The van der Waals surface area contributed by atoms with Crippen molar-refractivity contribution in [3.63, 3.8) is 0 Å². The Hall–Kier alpha value is -2.12. The van der Waals surface area contributed by atoms with Gasteiger partial charge in [0.25, 0.3) is 0 Å². The number of hydrogen-bond donors (Lipinski definition) is 0. The molecule has 0 N–H and O–H groups in total. The zero-order chi connectivity index (χ0) is 15.1. The molecule has 3 aromatic rings. The lowest BCUT2D eigenvalue weighted by Crippen LogP contribution is -2.24. The zero-order valence-electron chi connectivity index (χ0n) is 12.9. The first kappa shape index (κ1) is 13.5. The van der Waals surface area contributed by atoms with Crippen LogP contribution in [0.5, 0.6) is 0 Å². The third-order valence-corrected chi connectivity index (χ3v) is 6.50. The van der Waals surface area contributed by atoms with Gasteiger partial charge in [-0.1, -0.05) is 71.9 Å². The molecule has 0 fully saturated rings. The summed E-state index contributed by atoms with van der Waals surface area (Å²) in [6.07, 6.45) is 0. The predicted octanol–water partition coefficient (Wildman–Crippen LogP) is 4.40. The third-order valence-electron chi connectivity index (χ3n) is 4.74. The quantitative estimate of drug-likeness (QED) is 0.615. The molecule has 2 radical (unpaired) electrons. The van der Waals surface area contributed by atoms with Gasteiger partial charge in [0.05, 0.1) is 9.52 Å². The van der Waals surface area contributed by atoms with E-state index >= 15 is 0 Å². The van der Waals surface area contributed by atoms with E-state index in [0.29, 0.717) is 5.54 Å². The van der Waals surface area contributed by atoms with Crippen LogP contribution in [0, 0.1) is 13.8 Å². The highest BCUT2D eigenvalue weighted by molar-refractivity contribution is 6.57. The Morgan fingerprint density at radius 1 is 0.682 bits per heavy atom. The molecule has 0 saturated heterocycles. The highest BCUT2D eigenvalue weighted by atomic mass is 28.2. The van der Waals surface area contributed by atoms with Crippen molar-refractivity contribution in [2.24, 2.45) is 0 Å². The fourth-order valence-corrected chi connectivity index (χ4v) is 5.11. The molecule has 0 nitrogen and oxygen atoms in total. The monoisotopic (exact) mass is 298 g/mol. The molecule has 4 rings (SSSR count). The van der Waals surface area contributed by atoms with Crippen molar-refractivity contribution in [3.8, 4) is 11.1 Å². The minimum absolute atomic E-state index is 0.507. The average molecular weight is 298 g/mol. The smallest absolute Gasteiger partial charge is 0.0632 e. The van der Waals surface area contributed by atoms with Crippen LogP contribution in [-0.4, -0.2) is 9.52 Å². The van der Waals surface area contributed by atoms with Crippen molar-refractivity contribution in [1.82, 2.24) is 0 Å². The minimum atomic E-state index is 0.507. The molecule has 3 aromatic carbocycles. The van der Waals surface area contributed by atoms with Gasteiger partial charge in [0.2, 0.25) is 0 Å². The molecule has 1 aliphatic carbocycles. The van der Waals surface area contributed by atoms with E-state index in [1.165, 1.54) is 38.6 Å². The van der Waals surface area contributed by atoms with Crippen molar-refractivity contribution < 1.29 is 0 Å². The highest BCUT2D eigenvalue weighted by Gasteiger charge is 2.28. The van der Waals surface area contributed by atoms with Gasteiger partial charge in [-0.25, -0.2) is 0 Å². The van der Waals surface area contributed by atoms with E-state index in [9.17, 15) is 0 Å². The van der Waals surface area contributed by atoms with Crippen molar-refractivity contribution in [2.75, 3.05) is 0 Å². The van der Waals surface area contributed by atoms with E-state index in [4.69, 9.17) is 0 Å². The van der Waals surface area contributed by atoms with E-state index in [1.807, 2.05) is 0 Å². The number of aryl methyl sites for hydroxylation is 1. The van der Waals surface area contributed by atoms with Crippen LogP contribution in [0.1, 0.15) is 27.8 Å². The summed E-state index contributed by atoms with van der Waals surface area (Å²) < 4.78 is 0. The van der Waals surface area contributed by atoms with Crippen molar-refractivity contribution in [1.29, 1.82) is 0 Å². The third kappa shape index (κ3) is 2.05. The lowest BCUT2D eigenvalue weighted by atomic mass is 10.1. The zero-order valence-corrected chi connectivity index (χ0v) is 13.9. The molecule has 0 atom stereocenters. The molecule has 106 valence electrons. The molecular formula is C21H18Si. The Balaban J connectivity index is 1.83. The predicted molar refractivity (Wildman–Crippen MR) is 95.0 cm³/mol. The van der Waals surface area contributed by atoms with E-state index < -0.39 is 0 Å². The second kappa shape index (κ2) is 5.26. The normalized spacial score (nSPS) is 13.0. The van der Waals surface area contributed by atoms with E-state index in [0.717, 1.165) is 9.52 Å².